The zero-order chi connectivity index (χ0) is 20.9. The first-order valence-electron chi connectivity index (χ1n) is 9.43. The molecule has 2 aromatic carbocycles. The Morgan fingerprint density at radius 2 is 2.00 bits per heavy atom. The maximum absolute atomic E-state index is 14.2. The third-order valence-electron chi connectivity index (χ3n) is 4.66. The van der Waals surface area contributed by atoms with Crippen molar-refractivity contribution in [1.82, 2.24) is 14.1 Å². The zero-order valence-corrected chi connectivity index (χ0v) is 17.1. The number of imidazole rings is 1. The molecule has 0 unspecified atom stereocenters. The van der Waals surface area contributed by atoms with Gasteiger partial charge in [-0.25, -0.2) is 18.8 Å². The number of ether oxygens (including phenoxy) is 1. The molecule has 4 rings (SSSR count). The minimum atomic E-state index is -0.688. The van der Waals surface area contributed by atoms with Crippen molar-refractivity contribution < 1.29 is 13.5 Å². The van der Waals surface area contributed by atoms with E-state index in [4.69, 9.17) is 4.74 Å². The van der Waals surface area contributed by atoms with Crippen LogP contribution in [0.1, 0.15) is 6.42 Å². The molecular formula is C22H20F2N4OS. The molecule has 0 aliphatic heterocycles. The summed E-state index contributed by atoms with van der Waals surface area (Å²) in [6.07, 6.45) is 6.27. The zero-order valence-electron chi connectivity index (χ0n) is 16.3. The van der Waals surface area contributed by atoms with Gasteiger partial charge in [0, 0.05) is 42.5 Å². The monoisotopic (exact) mass is 426 g/mol. The number of benzene rings is 2. The van der Waals surface area contributed by atoms with Crippen LogP contribution in [0, 0.1) is 11.6 Å². The summed E-state index contributed by atoms with van der Waals surface area (Å²) in [6.45, 7) is 1.45. The number of halogens is 2. The molecule has 0 atom stereocenters. The van der Waals surface area contributed by atoms with Crippen molar-refractivity contribution in [2.45, 2.75) is 19.5 Å². The van der Waals surface area contributed by atoms with Gasteiger partial charge in [0.15, 0.2) is 10.6 Å². The molecule has 0 amide bonds. The second-order valence-electron chi connectivity index (χ2n) is 6.62. The molecular weight excluding hydrogens is 406 g/mol. The van der Waals surface area contributed by atoms with Gasteiger partial charge in [0.1, 0.15) is 17.3 Å². The second kappa shape index (κ2) is 9.04. The summed E-state index contributed by atoms with van der Waals surface area (Å²) in [4.78, 5) is 9.18. The Morgan fingerprint density at radius 1 is 1.13 bits per heavy atom. The lowest BCUT2D eigenvalue weighted by Crippen LogP contribution is -2.17. The minimum absolute atomic E-state index is 0.105. The summed E-state index contributed by atoms with van der Waals surface area (Å²) in [7, 11) is 1.63. The Morgan fingerprint density at radius 3 is 2.77 bits per heavy atom. The largest absolute Gasteiger partial charge is 0.496 e. The Labute approximate surface area is 176 Å². The highest BCUT2D eigenvalue weighted by molar-refractivity contribution is 7.07. The van der Waals surface area contributed by atoms with E-state index >= 15 is 0 Å². The maximum Gasteiger partial charge on any atom is 0.190 e. The summed E-state index contributed by atoms with van der Waals surface area (Å²) < 4.78 is 37.0. The van der Waals surface area contributed by atoms with Gasteiger partial charge in [-0.2, -0.15) is 0 Å². The van der Waals surface area contributed by atoms with Crippen molar-refractivity contribution >= 4 is 17.0 Å². The van der Waals surface area contributed by atoms with Crippen molar-refractivity contribution in [3.05, 3.63) is 83.0 Å². The van der Waals surface area contributed by atoms with Crippen molar-refractivity contribution in [3.63, 3.8) is 0 Å². The van der Waals surface area contributed by atoms with Crippen LogP contribution in [-0.4, -0.2) is 21.2 Å². The lowest BCUT2D eigenvalue weighted by molar-refractivity contribution is 0.416. The number of para-hydroxylation sites is 1. The van der Waals surface area contributed by atoms with Crippen molar-refractivity contribution in [1.29, 1.82) is 0 Å². The molecule has 0 aliphatic rings. The normalized spacial score (nSPS) is 11.8. The van der Waals surface area contributed by atoms with Gasteiger partial charge >= 0.3 is 0 Å². The summed E-state index contributed by atoms with van der Waals surface area (Å²) >= 11 is 1.41. The summed E-state index contributed by atoms with van der Waals surface area (Å²) in [6, 6.07) is 11.1. The van der Waals surface area contributed by atoms with E-state index < -0.39 is 11.6 Å². The van der Waals surface area contributed by atoms with Crippen LogP contribution in [0.4, 0.5) is 14.5 Å². The van der Waals surface area contributed by atoms with E-state index in [1.807, 2.05) is 45.0 Å². The maximum atomic E-state index is 14.2. The van der Waals surface area contributed by atoms with Gasteiger partial charge in [0.05, 0.1) is 19.1 Å². The van der Waals surface area contributed by atoms with Gasteiger partial charge in [0.2, 0.25) is 0 Å². The molecule has 0 fully saturated rings. The first-order valence-corrected chi connectivity index (χ1v) is 10.3. The van der Waals surface area contributed by atoms with E-state index in [1.54, 1.807) is 19.6 Å². The fourth-order valence-corrected chi connectivity index (χ4v) is 4.15. The van der Waals surface area contributed by atoms with Crippen molar-refractivity contribution in [3.8, 4) is 17.0 Å². The fourth-order valence-electron chi connectivity index (χ4n) is 3.21. The molecule has 4 aromatic rings. The number of aromatic nitrogens is 3. The third-order valence-corrected chi connectivity index (χ3v) is 5.53. The highest BCUT2D eigenvalue weighted by atomic mass is 32.1. The van der Waals surface area contributed by atoms with Gasteiger partial charge in [0.25, 0.3) is 0 Å². The number of nitrogens with zero attached hydrogens (tertiary/aromatic N) is 4. The number of rotatable bonds is 7. The van der Waals surface area contributed by atoms with Crippen LogP contribution in [0.15, 0.2) is 71.6 Å². The SMILES string of the molecule is COc1ccccc1-c1csc(=Nc2ccc(F)cc2F)n1CCCn1ccnc1. The van der Waals surface area contributed by atoms with Crippen LogP contribution < -0.4 is 9.54 Å². The molecule has 2 heterocycles. The van der Waals surface area contributed by atoms with Crippen LogP contribution in [0.2, 0.25) is 0 Å². The third kappa shape index (κ3) is 4.33. The standard InChI is InChI=1S/C22H20F2N4OS/c1-29-21-6-3-2-5-17(21)20-14-30-22(26-19-8-7-16(23)13-18(19)24)28(20)11-4-10-27-12-9-25-15-27/h2-3,5-9,12-15H,4,10-11H2,1H3. The number of methoxy groups -OCH3 is 1. The van der Waals surface area contributed by atoms with Crippen LogP contribution in [-0.2, 0) is 13.1 Å². The Kier molecular flexibility index (Phi) is 6.04. The predicted octanol–water partition coefficient (Wildman–Crippen LogP) is 5.02. The van der Waals surface area contributed by atoms with E-state index in [9.17, 15) is 8.78 Å². The summed E-state index contributed by atoms with van der Waals surface area (Å²) in [5.74, 6) is -0.564. The first kappa shape index (κ1) is 20.0. The fraction of sp³-hybridized carbons (Fsp3) is 0.182. The quantitative estimate of drug-likeness (QED) is 0.416. The Hall–Kier alpha value is -3.26. The number of hydrogen-bond acceptors (Lipinski definition) is 4. The van der Waals surface area contributed by atoms with Gasteiger partial charge in [-0.15, -0.1) is 11.3 Å². The Bertz CT molecular complexity index is 1200. The topological polar surface area (TPSA) is 44.3 Å². The second-order valence-corrected chi connectivity index (χ2v) is 7.45. The molecule has 0 bridgehead atoms. The predicted molar refractivity (Wildman–Crippen MR) is 113 cm³/mol. The highest BCUT2D eigenvalue weighted by Crippen LogP contribution is 2.30. The average Bonchev–Trinajstić information content (AvgIpc) is 3.40. The van der Waals surface area contributed by atoms with E-state index in [0.29, 0.717) is 11.3 Å². The average molecular weight is 426 g/mol. The lowest BCUT2D eigenvalue weighted by Gasteiger charge is -2.12. The molecule has 0 radical (unpaired) electrons. The number of aryl methyl sites for hydroxylation is 1. The molecule has 0 saturated heterocycles. The van der Waals surface area contributed by atoms with E-state index in [2.05, 4.69) is 9.98 Å². The molecule has 8 heteroatoms. The molecule has 0 N–H and O–H groups in total. The molecule has 2 aromatic heterocycles. The lowest BCUT2D eigenvalue weighted by atomic mass is 10.1. The van der Waals surface area contributed by atoms with Gasteiger partial charge in [-0.05, 0) is 30.7 Å². The summed E-state index contributed by atoms with van der Waals surface area (Å²) in [5, 5.41) is 1.98. The summed E-state index contributed by atoms with van der Waals surface area (Å²) in [5.41, 5.74) is 1.97. The van der Waals surface area contributed by atoms with Gasteiger partial charge in [-0.1, -0.05) is 12.1 Å². The van der Waals surface area contributed by atoms with Crippen LogP contribution in [0.5, 0.6) is 5.75 Å². The number of hydrogen-bond donors (Lipinski definition) is 0. The highest BCUT2D eigenvalue weighted by Gasteiger charge is 2.13. The smallest absolute Gasteiger partial charge is 0.190 e. The van der Waals surface area contributed by atoms with E-state index in [-0.39, 0.29) is 5.69 Å². The van der Waals surface area contributed by atoms with Crippen LogP contribution in [0.25, 0.3) is 11.3 Å². The Balaban J connectivity index is 1.75. The molecule has 0 spiro atoms. The van der Waals surface area contributed by atoms with Gasteiger partial charge < -0.3 is 13.9 Å². The van der Waals surface area contributed by atoms with E-state index in [0.717, 1.165) is 36.0 Å². The first-order chi connectivity index (χ1) is 14.7. The molecule has 0 aliphatic carbocycles. The molecule has 5 nitrogen and oxygen atoms in total. The minimum Gasteiger partial charge on any atom is -0.496 e. The molecule has 30 heavy (non-hydrogen) atoms. The van der Waals surface area contributed by atoms with E-state index in [1.165, 1.54) is 23.5 Å². The number of thiazole rings is 1. The van der Waals surface area contributed by atoms with Crippen molar-refractivity contribution in [2.24, 2.45) is 4.99 Å². The van der Waals surface area contributed by atoms with Crippen LogP contribution >= 0.6 is 11.3 Å². The molecule has 0 saturated carbocycles. The van der Waals surface area contributed by atoms with Crippen LogP contribution in [0.3, 0.4) is 0 Å². The molecule has 154 valence electrons. The van der Waals surface area contributed by atoms with Gasteiger partial charge in [-0.3, -0.25) is 0 Å². The van der Waals surface area contributed by atoms with Crippen molar-refractivity contribution in [2.75, 3.05) is 7.11 Å².